The molecule has 0 amide bonds. The summed E-state index contributed by atoms with van der Waals surface area (Å²) in [6.45, 7) is 8.71. The van der Waals surface area contributed by atoms with Crippen LogP contribution in [0.15, 0.2) is 81.4 Å². The van der Waals surface area contributed by atoms with Gasteiger partial charge in [0, 0.05) is 12.1 Å². The van der Waals surface area contributed by atoms with E-state index in [0.29, 0.717) is 11.5 Å². The monoisotopic (exact) mass is 579 g/mol. The SMILES string of the molecule is CC(C)C1(Oc2cc([S+](c3ccccc3)c3ccc(F)c(OC4(C(C)C)CCCCC4)c3)ccc2F)CCCCC1. The van der Waals surface area contributed by atoms with Gasteiger partial charge in [0.1, 0.15) is 11.2 Å². The highest BCUT2D eigenvalue weighted by Gasteiger charge is 2.40. The molecule has 5 rings (SSSR count). The van der Waals surface area contributed by atoms with Crippen molar-refractivity contribution in [1.82, 2.24) is 0 Å². The smallest absolute Gasteiger partial charge is 0.170 e. The molecule has 0 aromatic heterocycles. The summed E-state index contributed by atoms with van der Waals surface area (Å²) < 4.78 is 43.9. The molecule has 0 heterocycles. The molecule has 0 bridgehead atoms. The first kappa shape index (κ1) is 29.9. The first-order valence-corrected chi connectivity index (χ1v) is 16.7. The third-order valence-electron chi connectivity index (χ3n) is 9.39. The van der Waals surface area contributed by atoms with Crippen LogP contribution < -0.4 is 9.47 Å². The molecular weight excluding hydrogens is 534 g/mol. The van der Waals surface area contributed by atoms with Crippen LogP contribution in [0, 0.1) is 23.5 Å². The van der Waals surface area contributed by atoms with Gasteiger partial charge < -0.3 is 9.47 Å². The lowest BCUT2D eigenvalue weighted by Crippen LogP contribution is -2.43. The van der Waals surface area contributed by atoms with Crippen LogP contribution in [0.3, 0.4) is 0 Å². The van der Waals surface area contributed by atoms with Gasteiger partial charge in [-0.25, -0.2) is 8.78 Å². The summed E-state index contributed by atoms with van der Waals surface area (Å²) >= 11 is 0. The molecule has 0 spiro atoms. The maximum absolute atomic E-state index is 15.3. The van der Waals surface area contributed by atoms with Gasteiger partial charge in [-0.15, -0.1) is 0 Å². The Morgan fingerprint density at radius 1 is 0.561 bits per heavy atom. The first-order valence-electron chi connectivity index (χ1n) is 15.5. The number of halogens is 2. The van der Waals surface area contributed by atoms with Gasteiger partial charge in [0.05, 0.1) is 10.9 Å². The lowest BCUT2D eigenvalue weighted by molar-refractivity contribution is -0.0151. The van der Waals surface area contributed by atoms with E-state index in [0.717, 1.165) is 66.1 Å². The van der Waals surface area contributed by atoms with Crippen LogP contribution in [0.1, 0.15) is 91.9 Å². The standard InChI is InChI=1S/C36H45F2O2S/c1-26(2)35(20-10-6-11-21-35)39-33-24-29(16-18-31(33)37)41(28-14-8-5-9-15-28)30-17-19-32(38)34(25-30)40-36(27(3)4)22-12-7-13-23-36/h5,8-9,14-19,24-27H,6-7,10-13,20-23H2,1-4H3/q+1. The largest absolute Gasteiger partial charge is 0.484 e. The van der Waals surface area contributed by atoms with Crippen molar-refractivity contribution in [2.75, 3.05) is 0 Å². The quantitative estimate of drug-likeness (QED) is 0.235. The molecule has 0 saturated heterocycles. The number of hydrogen-bond donors (Lipinski definition) is 0. The van der Waals surface area contributed by atoms with Gasteiger partial charge >= 0.3 is 0 Å². The highest BCUT2D eigenvalue weighted by molar-refractivity contribution is 7.97. The van der Waals surface area contributed by atoms with E-state index < -0.39 is 10.9 Å². The van der Waals surface area contributed by atoms with E-state index in [4.69, 9.17) is 9.47 Å². The Morgan fingerprint density at radius 2 is 0.976 bits per heavy atom. The van der Waals surface area contributed by atoms with Crippen LogP contribution >= 0.6 is 0 Å². The third kappa shape index (κ3) is 6.45. The topological polar surface area (TPSA) is 18.5 Å². The zero-order valence-electron chi connectivity index (χ0n) is 25.1. The predicted molar refractivity (Wildman–Crippen MR) is 164 cm³/mol. The molecule has 3 aromatic carbocycles. The van der Waals surface area contributed by atoms with Crippen molar-refractivity contribution in [1.29, 1.82) is 0 Å². The van der Waals surface area contributed by atoms with Gasteiger partial charge in [0.25, 0.3) is 0 Å². The van der Waals surface area contributed by atoms with Gasteiger partial charge in [-0.1, -0.05) is 58.7 Å². The fraction of sp³-hybridized carbons (Fsp3) is 0.500. The molecule has 3 aromatic rings. The molecule has 0 aliphatic heterocycles. The van der Waals surface area contributed by atoms with Crippen molar-refractivity contribution in [3.63, 3.8) is 0 Å². The van der Waals surface area contributed by atoms with Gasteiger partial charge in [-0.3, -0.25) is 0 Å². The molecule has 0 atom stereocenters. The molecule has 0 N–H and O–H groups in total. The van der Waals surface area contributed by atoms with Crippen LogP contribution in [0.25, 0.3) is 0 Å². The number of rotatable bonds is 9. The number of benzene rings is 3. The minimum atomic E-state index is -0.607. The van der Waals surface area contributed by atoms with Crippen molar-refractivity contribution in [2.24, 2.45) is 11.8 Å². The summed E-state index contributed by atoms with van der Waals surface area (Å²) in [5.41, 5.74) is -0.712. The van der Waals surface area contributed by atoms with Crippen molar-refractivity contribution < 1.29 is 18.3 Å². The molecule has 220 valence electrons. The maximum atomic E-state index is 15.3. The Labute approximate surface area is 248 Å². The third-order valence-corrected chi connectivity index (χ3v) is 11.6. The minimum Gasteiger partial charge on any atom is -0.484 e. The van der Waals surface area contributed by atoms with Crippen molar-refractivity contribution >= 4 is 10.9 Å². The zero-order chi connectivity index (χ0) is 29.0. The molecule has 2 nitrogen and oxygen atoms in total. The average molecular weight is 580 g/mol. The molecule has 41 heavy (non-hydrogen) atoms. The van der Waals surface area contributed by atoms with Crippen LogP contribution in [-0.4, -0.2) is 11.2 Å². The molecule has 2 aliphatic carbocycles. The average Bonchev–Trinajstić information content (AvgIpc) is 2.98. The molecule has 2 aliphatic rings. The number of ether oxygens (including phenoxy) is 2. The van der Waals surface area contributed by atoms with Crippen molar-refractivity contribution in [3.8, 4) is 11.5 Å². The van der Waals surface area contributed by atoms with Gasteiger partial charge in [0.2, 0.25) is 0 Å². The predicted octanol–water partition coefficient (Wildman–Crippen LogP) is 10.5. The second kappa shape index (κ2) is 12.8. The zero-order valence-corrected chi connectivity index (χ0v) is 25.9. The Balaban J connectivity index is 1.55. The Kier molecular flexibility index (Phi) is 9.33. The molecular formula is C36H45F2O2S+. The lowest BCUT2D eigenvalue weighted by atomic mass is 9.77. The second-order valence-electron chi connectivity index (χ2n) is 12.6. The fourth-order valence-corrected chi connectivity index (χ4v) is 8.78. The summed E-state index contributed by atoms with van der Waals surface area (Å²) in [6, 6.07) is 20.7. The summed E-state index contributed by atoms with van der Waals surface area (Å²) in [4.78, 5) is 2.96. The Morgan fingerprint density at radius 3 is 1.37 bits per heavy atom. The van der Waals surface area contributed by atoms with E-state index in [1.54, 1.807) is 0 Å². The van der Waals surface area contributed by atoms with E-state index in [1.807, 2.05) is 42.5 Å². The van der Waals surface area contributed by atoms with E-state index in [1.165, 1.54) is 25.0 Å². The summed E-state index contributed by atoms with van der Waals surface area (Å²) in [5.74, 6) is 0.508. The molecule has 0 unspecified atom stereocenters. The van der Waals surface area contributed by atoms with Crippen LogP contribution in [0.5, 0.6) is 11.5 Å². The Hall–Kier alpha value is -2.53. The van der Waals surface area contributed by atoms with Gasteiger partial charge in [0.15, 0.2) is 37.8 Å². The van der Waals surface area contributed by atoms with Gasteiger partial charge in [-0.05, 0) is 99.6 Å². The summed E-state index contributed by atoms with van der Waals surface area (Å²) in [7, 11) is -0.607. The van der Waals surface area contributed by atoms with E-state index in [-0.39, 0.29) is 34.7 Å². The maximum Gasteiger partial charge on any atom is 0.170 e. The van der Waals surface area contributed by atoms with Crippen LogP contribution in [0.4, 0.5) is 8.78 Å². The van der Waals surface area contributed by atoms with Crippen molar-refractivity contribution in [3.05, 3.63) is 78.4 Å². The van der Waals surface area contributed by atoms with Gasteiger partial charge in [-0.2, -0.15) is 0 Å². The molecule has 0 radical (unpaired) electrons. The highest BCUT2D eigenvalue weighted by Crippen LogP contribution is 2.43. The van der Waals surface area contributed by atoms with E-state index in [2.05, 4.69) is 39.8 Å². The van der Waals surface area contributed by atoms with E-state index >= 15 is 8.78 Å². The molecule has 2 fully saturated rings. The number of hydrogen-bond acceptors (Lipinski definition) is 2. The van der Waals surface area contributed by atoms with E-state index in [9.17, 15) is 0 Å². The fourth-order valence-electron chi connectivity index (χ4n) is 6.68. The lowest BCUT2D eigenvalue weighted by Gasteiger charge is -2.41. The molecule has 5 heteroatoms. The Bertz CT molecular complexity index is 1210. The molecule has 2 saturated carbocycles. The normalized spacial score (nSPS) is 18.6. The highest BCUT2D eigenvalue weighted by atomic mass is 32.2. The first-order chi connectivity index (χ1) is 19.7. The van der Waals surface area contributed by atoms with Crippen LogP contribution in [0.2, 0.25) is 0 Å². The minimum absolute atomic E-state index is 0.281. The summed E-state index contributed by atoms with van der Waals surface area (Å²) in [6.07, 6.45) is 10.6. The van der Waals surface area contributed by atoms with Crippen LogP contribution in [-0.2, 0) is 10.9 Å². The second-order valence-corrected chi connectivity index (χ2v) is 14.6. The summed E-state index contributed by atoms with van der Waals surface area (Å²) in [5, 5.41) is 0. The van der Waals surface area contributed by atoms with Crippen molar-refractivity contribution in [2.45, 2.75) is 118 Å².